The number of hydrogen-bond acceptors (Lipinski definition) is 6. The molecule has 0 aliphatic carbocycles. The summed E-state index contributed by atoms with van der Waals surface area (Å²) in [7, 11) is 0. The molecule has 3 saturated heterocycles. The first-order chi connectivity index (χ1) is 13.2. The van der Waals surface area contributed by atoms with Crippen molar-refractivity contribution in [3.63, 3.8) is 0 Å². The summed E-state index contributed by atoms with van der Waals surface area (Å²) < 4.78 is 11.3. The van der Waals surface area contributed by atoms with Crippen molar-refractivity contribution in [2.45, 2.75) is 32.4 Å². The first-order valence-corrected chi connectivity index (χ1v) is 10.5. The van der Waals surface area contributed by atoms with E-state index in [4.69, 9.17) is 9.47 Å². The van der Waals surface area contributed by atoms with Crippen molar-refractivity contribution < 1.29 is 14.3 Å². The number of piperidine rings is 1. The monoisotopic (exact) mass is 388 g/mol. The van der Waals surface area contributed by atoms with Gasteiger partial charge >= 0.3 is 0 Å². The number of H-pyrrole nitrogens is 1. The maximum Gasteiger partial charge on any atom is 0.268 e. The molecule has 144 valence electrons. The molecule has 27 heavy (non-hydrogen) atoms. The number of amides is 1. The van der Waals surface area contributed by atoms with Crippen LogP contribution in [0.25, 0.3) is 0 Å². The Morgan fingerprint density at radius 2 is 2.19 bits per heavy atom. The molecular weight excluding hydrogens is 364 g/mol. The number of thiophene rings is 1. The van der Waals surface area contributed by atoms with Gasteiger partial charge in [-0.15, -0.1) is 11.3 Å². The minimum absolute atomic E-state index is 0.0965. The Hall–Kier alpha value is -2.06. The lowest BCUT2D eigenvalue weighted by Crippen LogP contribution is -2.47. The molecule has 0 aromatic carbocycles. The van der Waals surface area contributed by atoms with Gasteiger partial charge in [0.1, 0.15) is 18.1 Å². The molecule has 4 aliphatic rings. The molecule has 1 amide bonds. The zero-order chi connectivity index (χ0) is 18.4. The second-order valence-corrected chi connectivity index (χ2v) is 8.56. The number of imidazole rings is 1. The molecule has 0 spiro atoms. The van der Waals surface area contributed by atoms with Gasteiger partial charge in [0.15, 0.2) is 11.5 Å². The van der Waals surface area contributed by atoms with E-state index in [2.05, 4.69) is 26.7 Å². The average molecular weight is 388 g/mol. The SMILES string of the molecule is Cc1[nH]cnc1CN1C[C@@H]2CC[C@H](C1)N(C(=O)c1scc3c1OCCO3)C2. The molecule has 2 aromatic heterocycles. The third kappa shape index (κ3) is 3.10. The number of carbonyl (C=O) groups excluding carboxylic acids is 1. The highest BCUT2D eigenvalue weighted by molar-refractivity contribution is 7.12. The van der Waals surface area contributed by atoms with Crippen LogP contribution in [0.5, 0.6) is 11.5 Å². The van der Waals surface area contributed by atoms with Crippen LogP contribution in [-0.2, 0) is 6.54 Å². The van der Waals surface area contributed by atoms with Crippen LogP contribution in [0.15, 0.2) is 11.7 Å². The van der Waals surface area contributed by atoms with E-state index in [0.29, 0.717) is 35.5 Å². The Balaban J connectivity index is 1.35. The number of nitrogens with zero attached hydrogens (tertiary/aromatic N) is 3. The summed E-state index contributed by atoms with van der Waals surface area (Å²) >= 11 is 1.44. The summed E-state index contributed by atoms with van der Waals surface area (Å²) in [6.45, 7) is 6.71. The highest BCUT2D eigenvalue weighted by Gasteiger charge is 2.39. The number of nitrogens with one attached hydrogen (secondary N) is 1. The maximum absolute atomic E-state index is 13.3. The van der Waals surface area contributed by atoms with E-state index in [-0.39, 0.29) is 11.9 Å². The lowest BCUT2D eigenvalue weighted by atomic mass is 9.95. The standard InChI is InChI=1S/C19H24N4O3S/c1-12-15(21-11-20-12)9-22-6-13-2-3-14(8-22)23(7-13)19(24)18-17-16(10-27-18)25-4-5-26-17/h10-11,13-14H,2-9H2,1H3,(H,20,21)/t13-,14+/m0/s1. The molecule has 4 aliphatic heterocycles. The molecule has 1 N–H and O–H groups in total. The van der Waals surface area contributed by atoms with Gasteiger partial charge in [-0.05, 0) is 25.7 Å². The lowest BCUT2D eigenvalue weighted by Gasteiger charge is -2.36. The Labute approximate surface area is 162 Å². The normalized spacial score (nSPS) is 24.9. The molecule has 3 fully saturated rings. The van der Waals surface area contributed by atoms with E-state index >= 15 is 0 Å². The van der Waals surface area contributed by atoms with Gasteiger partial charge in [-0.2, -0.15) is 0 Å². The summed E-state index contributed by atoms with van der Waals surface area (Å²) in [6.07, 6.45) is 4.01. The van der Waals surface area contributed by atoms with Gasteiger partial charge in [-0.3, -0.25) is 9.69 Å². The van der Waals surface area contributed by atoms with Crippen LogP contribution in [0.1, 0.15) is 33.9 Å². The van der Waals surface area contributed by atoms with E-state index in [0.717, 1.165) is 44.0 Å². The van der Waals surface area contributed by atoms with Crippen LogP contribution in [0.3, 0.4) is 0 Å². The minimum Gasteiger partial charge on any atom is -0.485 e. The number of carbonyl (C=O) groups is 1. The highest BCUT2D eigenvalue weighted by Crippen LogP contribution is 2.41. The molecular formula is C19H24N4O3S. The zero-order valence-corrected chi connectivity index (χ0v) is 16.3. The molecule has 8 heteroatoms. The van der Waals surface area contributed by atoms with Crippen LogP contribution < -0.4 is 9.47 Å². The van der Waals surface area contributed by atoms with Crippen molar-refractivity contribution in [3.05, 3.63) is 28.0 Å². The number of ether oxygens (including phenoxy) is 2. The summed E-state index contributed by atoms with van der Waals surface area (Å²) in [5.74, 6) is 1.96. The van der Waals surface area contributed by atoms with Crippen molar-refractivity contribution in [1.29, 1.82) is 0 Å². The first-order valence-electron chi connectivity index (χ1n) is 9.58. The number of fused-ring (bicyclic) bond motifs is 5. The quantitative estimate of drug-likeness (QED) is 0.874. The molecule has 6 heterocycles. The fourth-order valence-corrected chi connectivity index (χ4v) is 5.34. The van der Waals surface area contributed by atoms with Gasteiger partial charge in [0.25, 0.3) is 5.91 Å². The number of aromatic amines is 1. The van der Waals surface area contributed by atoms with Crippen LogP contribution in [0.4, 0.5) is 0 Å². The van der Waals surface area contributed by atoms with Crippen molar-refractivity contribution in [3.8, 4) is 11.5 Å². The van der Waals surface area contributed by atoms with Gasteiger partial charge < -0.3 is 19.4 Å². The Morgan fingerprint density at radius 3 is 3.04 bits per heavy atom. The van der Waals surface area contributed by atoms with E-state index < -0.39 is 0 Å². The molecule has 2 bridgehead atoms. The molecule has 0 unspecified atom stereocenters. The van der Waals surface area contributed by atoms with Crippen LogP contribution in [0.2, 0.25) is 0 Å². The van der Waals surface area contributed by atoms with E-state index in [9.17, 15) is 4.79 Å². The Bertz CT molecular complexity index is 848. The van der Waals surface area contributed by atoms with Gasteiger partial charge in [0, 0.05) is 43.3 Å². The van der Waals surface area contributed by atoms with E-state index in [1.807, 2.05) is 5.38 Å². The van der Waals surface area contributed by atoms with Crippen molar-refractivity contribution in [2.24, 2.45) is 5.92 Å². The van der Waals surface area contributed by atoms with Crippen molar-refractivity contribution >= 4 is 17.2 Å². The second kappa shape index (κ2) is 6.83. The lowest BCUT2D eigenvalue weighted by molar-refractivity contribution is 0.0582. The van der Waals surface area contributed by atoms with Crippen LogP contribution in [-0.4, -0.2) is 64.6 Å². The number of rotatable bonds is 3. The van der Waals surface area contributed by atoms with Gasteiger partial charge in [-0.1, -0.05) is 0 Å². The van der Waals surface area contributed by atoms with Crippen molar-refractivity contribution in [1.82, 2.24) is 19.8 Å². The highest BCUT2D eigenvalue weighted by atomic mass is 32.1. The van der Waals surface area contributed by atoms with E-state index in [1.54, 1.807) is 6.33 Å². The minimum atomic E-state index is 0.0965. The van der Waals surface area contributed by atoms with Gasteiger partial charge in [0.05, 0.1) is 12.0 Å². The predicted octanol–water partition coefficient (Wildman–Crippen LogP) is 2.29. The van der Waals surface area contributed by atoms with Crippen LogP contribution >= 0.6 is 11.3 Å². The maximum atomic E-state index is 13.3. The van der Waals surface area contributed by atoms with Crippen molar-refractivity contribution in [2.75, 3.05) is 32.8 Å². The summed E-state index contributed by atoms with van der Waals surface area (Å²) in [4.78, 5) is 26.2. The van der Waals surface area contributed by atoms with E-state index in [1.165, 1.54) is 17.8 Å². The third-order valence-corrected chi connectivity index (χ3v) is 6.78. The predicted molar refractivity (Wildman–Crippen MR) is 101 cm³/mol. The summed E-state index contributed by atoms with van der Waals surface area (Å²) in [6, 6.07) is 0.248. The Morgan fingerprint density at radius 1 is 1.30 bits per heavy atom. The molecule has 2 aromatic rings. The Kier molecular flexibility index (Phi) is 4.32. The van der Waals surface area contributed by atoms with Gasteiger partial charge in [0.2, 0.25) is 0 Å². The topological polar surface area (TPSA) is 70.7 Å². The summed E-state index contributed by atoms with van der Waals surface area (Å²) in [5.41, 5.74) is 2.23. The molecule has 0 radical (unpaired) electrons. The average Bonchev–Trinajstić information content (AvgIpc) is 3.17. The molecule has 2 atom stereocenters. The fraction of sp³-hybridized carbons (Fsp3) is 0.579. The molecule has 7 nitrogen and oxygen atoms in total. The number of aromatic nitrogens is 2. The third-order valence-electron chi connectivity index (χ3n) is 5.85. The smallest absolute Gasteiger partial charge is 0.268 e. The summed E-state index contributed by atoms with van der Waals surface area (Å²) in [5, 5.41) is 1.89. The molecule has 0 saturated carbocycles. The number of aryl methyl sites for hydroxylation is 1. The first kappa shape index (κ1) is 17.1. The van der Waals surface area contributed by atoms with Crippen LogP contribution in [0, 0.1) is 12.8 Å². The second-order valence-electron chi connectivity index (χ2n) is 7.68. The fourth-order valence-electron chi connectivity index (χ4n) is 4.46. The number of hydrogen-bond donors (Lipinski definition) is 1. The van der Waals surface area contributed by atoms with Gasteiger partial charge in [-0.25, -0.2) is 4.98 Å². The largest absolute Gasteiger partial charge is 0.485 e. The molecule has 6 rings (SSSR count). The zero-order valence-electron chi connectivity index (χ0n) is 15.4.